The van der Waals surface area contributed by atoms with Crippen LogP contribution in [0, 0.1) is 31.8 Å². The van der Waals surface area contributed by atoms with Crippen LogP contribution in [0.15, 0.2) is 83.5 Å². The van der Waals surface area contributed by atoms with E-state index in [1.54, 1.807) is 24.5 Å². The molecule has 0 N–H and O–H groups in total. The summed E-state index contributed by atoms with van der Waals surface area (Å²) in [4.78, 5) is 13.7. The molecule has 4 aromatic heterocycles. The molecule has 5 nitrogen and oxygen atoms in total. The fourth-order valence-electron chi connectivity index (χ4n) is 5.60. The first-order chi connectivity index (χ1) is 23.5. The molecular formula is C39H40IrN4OSi-2. The van der Waals surface area contributed by atoms with Crippen LogP contribution in [0.1, 0.15) is 37.5 Å². The summed E-state index contributed by atoms with van der Waals surface area (Å²) in [6.45, 7) is 10.1. The summed E-state index contributed by atoms with van der Waals surface area (Å²) >= 11 is 0. The van der Waals surface area contributed by atoms with Crippen molar-refractivity contribution in [3.05, 3.63) is 108 Å². The maximum Gasteiger partial charge on any atom is 0.120 e. The molecule has 0 bridgehead atoms. The fourth-order valence-corrected chi connectivity index (χ4v) is 7.00. The topological polar surface area (TPSA) is 56.7 Å². The molecule has 7 aromatic rings. The predicted octanol–water partition coefficient (Wildman–Crippen LogP) is 9.24. The zero-order chi connectivity index (χ0) is 36.2. The summed E-state index contributed by atoms with van der Waals surface area (Å²) in [5, 5.41) is 3.21. The van der Waals surface area contributed by atoms with Crippen LogP contribution in [-0.4, -0.2) is 27.6 Å². The molecular weight excluding hydrogens is 761 g/mol. The van der Waals surface area contributed by atoms with E-state index in [4.69, 9.17) is 16.3 Å². The van der Waals surface area contributed by atoms with Crippen LogP contribution in [0.4, 0.5) is 0 Å². The van der Waals surface area contributed by atoms with E-state index >= 15 is 0 Å². The van der Waals surface area contributed by atoms with Gasteiger partial charge >= 0.3 is 0 Å². The Morgan fingerprint density at radius 3 is 2.43 bits per heavy atom. The minimum Gasteiger partial charge on any atom is -0.500 e. The number of nitrogens with zero attached hydrogens (tertiary/aromatic N) is 4. The van der Waals surface area contributed by atoms with Crippen molar-refractivity contribution in [3.8, 4) is 22.6 Å². The minimum absolute atomic E-state index is 0. The first-order valence-electron chi connectivity index (χ1n) is 17.6. The van der Waals surface area contributed by atoms with E-state index in [1.165, 1.54) is 6.07 Å². The molecule has 3 aromatic carbocycles. The van der Waals surface area contributed by atoms with Gasteiger partial charge in [-0.1, -0.05) is 75.6 Å². The second-order valence-electron chi connectivity index (χ2n) is 12.6. The molecule has 7 rings (SSSR count). The molecule has 0 unspecified atom stereocenters. The van der Waals surface area contributed by atoms with Gasteiger partial charge in [0.1, 0.15) is 5.58 Å². The second-order valence-corrected chi connectivity index (χ2v) is 17.7. The van der Waals surface area contributed by atoms with Crippen LogP contribution in [0.5, 0.6) is 0 Å². The quantitative estimate of drug-likeness (QED) is 0.129. The molecule has 237 valence electrons. The van der Waals surface area contributed by atoms with Crippen molar-refractivity contribution in [1.82, 2.24) is 19.5 Å². The molecule has 0 saturated carbocycles. The zero-order valence-electron chi connectivity index (χ0n) is 32.1. The van der Waals surface area contributed by atoms with Crippen molar-refractivity contribution in [2.45, 2.75) is 53.6 Å². The van der Waals surface area contributed by atoms with E-state index in [9.17, 15) is 0 Å². The first-order valence-corrected chi connectivity index (χ1v) is 18.6. The molecule has 0 aliphatic heterocycles. The van der Waals surface area contributed by atoms with Crippen LogP contribution >= 0.6 is 0 Å². The summed E-state index contributed by atoms with van der Waals surface area (Å²) in [6.07, 6.45) is 2.12. The third-order valence-corrected chi connectivity index (χ3v) is 9.78. The SMILES string of the molecule is Cc1nccc2nc(-c3[c-]cc4oc5ccccc5c4c3)n(C)c12.[2H]C([2H])([2H])c1c[c-]c(-c2cc(C([2H])([2H])C(C)C)c([Si](C)(C)C)cn2)cc1.[Ir]. The van der Waals surface area contributed by atoms with E-state index in [0.29, 0.717) is 16.8 Å². The van der Waals surface area contributed by atoms with E-state index in [1.807, 2.05) is 64.2 Å². The van der Waals surface area contributed by atoms with Gasteiger partial charge < -0.3 is 14.0 Å². The third kappa shape index (κ3) is 6.78. The largest absolute Gasteiger partial charge is 0.500 e. The van der Waals surface area contributed by atoms with Crippen LogP contribution in [0.2, 0.25) is 19.6 Å². The van der Waals surface area contributed by atoms with Crippen LogP contribution in [0.3, 0.4) is 0 Å². The molecule has 0 saturated heterocycles. The average Bonchev–Trinajstić information content (AvgIpc) is 3.61. The minimum atomic E-state index is -2.16. The standard InChI is InChI=1S/C20H14N3O.C19H26NSi.Ir/c1-12-19-16(9-10-21-12)22-20(23(19)2)13-7-8-18-15(11-13)14-5-3-4-6-17(14)24-18;1-14(2)11-17-12-18(16-9-7-15(3)8-10-16)20-13-19(17)21(4,5)6;/h3-6,8-11H,1-2H3;7-9,12-14H,11H2,1-6H3;/q2*-1;/i;3D3,11D2;. The Morgan fingerprint density at radius 1 is 0.957 bits per heavy atom. The molecule has 0 amide bonds. The van der Waals surface area contributed by atoms with Gasteiger partial charge in [0.2, 0.25) is 0 Å². The molecule has 46 heavy (non-hydrogen) atoms. The van der Waals surface area contributed by atoms with Gasteiger partial charge in [-0.3, -0.25) is 9.97 Å². The van der Waals surface area contributed by atoms with Gasteiger partial charge in [-0.15, -0.1) is 59.2 Å². The van der Waals surface area contributed by atoms with Gasteiger partial charge in [-0.25, -0.2) is 0 Å². The predicted molar refractivity (Wildman–Crippen MR) is 190 cm³/mol. The normalized spacial score (nSPS) is 13.8. The number of furan rings is 1. The van der Waals surface area contributed by atoms with E-state index in [0.717, 1.165) is 55.2 Å². The number of hydrogen-bond donors (Lipinski definition) is 0. The number of para-hydroxylation sites is 1. The van der Waals surface area contributed by atoms with Crippen molar-refractivity contribution < 1.29 is 31.4 Å². The molecule has 4 heterocycles. The number of benzene rings is 3. The van der Waals surface area contributed by atoms with Crippen LogP contribution in [0.25, 0.3) is 55.6 Å². The van der Waals surface area contributed by atoms with E-state index in [2.05, 4.69) is 58.4 Å². The van der Waals surface area contributed by atoms with Gasteiger partial charge in [-0.2, -0.15) is 0 Å². The molecule has 0 spiro atoms. The Balaban J connectivity index is 0.000000194. The summed E-state index contributed by atoms with van der Waals surface area (Å²) in [5.41, 5.74) is 7.87. The van der Waals surface area contributed by atoms with Crippen LogP contribution < -0.4 is 5.19 Å². The van der Waals surface area contributed by atoms with Crippen molar-refractivity contribution in [2.75, 3.05) is 0 Å². The molecule has 0 aliphatic rings. The van der Waals surface area contributed by atoms with Crippen molar-refractivity contribution in [2.24, 2.45) is 13.0 Å². The zero-order valence-corrected chi connectivity index (χ0v) is 30.5. The Morgan fingerprint density at radius 2 is 1.74 bits per heavy atom. The van der Waals surface area contributed by atoms with E-state index in [-0.39, 0.29) is 31.6 Å². The average molecular weight is 806 g/mol. The van der Waals surface area contributed by atoms with Crippen LogP contribution in [-0.2, 0) is 33.5 Å². The first kappa shape index (κ1) is 27.2. The van der Waals surface area contributed by atoms with Gasteiger partial charge in [-0.05, 0) is 42.2 Å². The monoisotopic (exact) mass is 806 g/mol. The van der Waals surface area contributed by atoms with Crippen molar-refractivity contribution >= 4 is 46.2 Å². The van der Waals surface area contributed by atoms with Gasteiger partial charge in [0, 0.05) is 51.8 Å². The van der Waals surface area contributed by atoms with Crippen molar-refractivity contribution in [1.29, 1.82) is 0 Å². The van der Waals surface area contributed by atoms with E-state index < -0.39 is 21.3 Å². The maximum atomic E-state index is 8.59. The fraction of sp³-hybridized carbons (Fsp3) is 0.256. The number of aromatic nitrogens is 4. The Labute approximate surface area is 293 Å². The van der Waals surface area contributed by atoms with Gasteiger partial charge in [0.15, 0.2) is 0 Å². The number of hydrogen-bond acceptors (Lipinski definition) is 4. The number of aryl methyl sites for hydroxylation is 3. The summed E-state index contributed by atoms with van der Waals surface area (Å²) in [6, 6.07) is 26.8. The number of rotatable bonds is 5. The summed E-state index contributed by atoms with van der Waals surface area (Å²) in [5.74, 6) is 0.711. The number of imidazole rings is 1. The Kier molecular flexibility index (Phi) is 7.96. The molecule has 0 aliphatic carbocycles. The molecule has 1 radical (unpaired) electrons. The smallest absolute Gasteiger partial charge is 0.120 e. The molecule has 0 atom stereocenters. The second kappa shape index (κ2) is 13.4. The molecule has 0 fully saturated rings. The summed E-state index contributed by atoms with van der Waals surface area (Å²) in [7, 11) is 0.240. The Bertz CT molecular complexity index is 2340. The Hall–Kier alpha value is -3.90. The summed E-state index contributed by atoms with van der Waals surface area (Å²) < 4.78 is 47.5. The number of fused-ring (bicyclic) bond motifs is 4. The van der Waals surface area contributed by atoms with Gasteiger partial charge in [0.05, 0.1) is 36.2 Å². The third-order valence-electron chi connectivity index (χ3n) is 7.76. The maximum absolute atomic E-state index is 8.59. The van der Waals surface area contributed by atoms with Crippen molar-refractivity contribution in [3.63, 3.8) is 0 Å². The molecule has 7 heteroatoms. The number of pyridine rings is 2. The van der Waals surface area contributed by atoms with Gasteiger partial charge in [0.25, 0.3) is 0 Å².